The van der Waals surface area contributed by atoms with Gasteiger partial charge in [0.25, 0.3) is 0 Å². The number of amides is 2. The molecular weight excluding hydrogens is 352 g/mol. The summed E-state index contributed by atoms with van der Waals surface area (Å²) < 4.78 is 10.7. The second kappa shape index (κ2) is 8.81. The number of urea groups is 1. The van der Waals surface area contributed by atoms with Gasteiger partial charge in [0.1, 0.15) is 11.5 Å². The number of carbonyl (C=O) groups excluding carboxylic acids is 1. The number of methoxy groups -OCH3 is 2. The van der Waals surface area contributed by atoms with Crippen LogP contribution in [0.15, 0.2) is 42.5 Å². The minimum Gasteiger partial charge on any atom is -0.497 e. The van der Waals surface area contributed by atoms with Gasteiger partial charge in [-0.05, 0) is 49.7 Å². The van der Waals surface area contributed by atoms with E-state index in [1.807, 2.05) is 56.3 Å². The van der Waals surface area contributed by atoms with E-state index in [-0.39, 0.29) is 18.1 Å². The summed E-state index contributed by atoms with van der Waals surface area (Å²) in [6.07, 6.45) is 0. The molecule has 2 unspecified atom stereocenters. The molecule has 6 heteroatoms. The molecule has 0 spiro atoms. The van der Waals surface area contributed by atoms with Crippen LogP contribution in [-0.4, -0.2) is 32.2 Å². The first-order valence-electron chi connectivity index (χ1n) is 8.38. The molecule has 140 valence electrons. The molecule has 5 nitrogen and oxygen atoms in total. The van der Waals surface area contributed by atoms with Gasteiger partial charge in [-0.1, -0.05) is 23.7 Å². The molecule has 1 N–H and O–H groups in total. The summed E-state index contributed by atoms with van der Waals surface area (Å²) in [4.78, 5) is 14.3. The second-order valence-corrected chi connectivity index (χ2v) is 6.56. The van der Waals surface area contributed by atoms with Crippen molar-refractivity contribution < 1.29 is 14.3 Å². The zero-order chi connectivity index (χ0) is 19.3. The van der Waals surface area contributed by atoms with Gasteiger partial charge in [-0.2, -0.15) is 0 Å². The van der Waals surface area contributed by atoms with Crippen LogP contribution >= 0.6 is 11.6 Å². The molecule has 0 heterocycles. The Kier molecular flexibility index (Phi) is 6.75. The number of carbonyl (C=O) groups is 1. The summed E-state index contributed by atoms with van der Waals surface area (Å²) in [6, 6.07) is 12.5. The van der Waals surface area contributed by atoms with E-state index in [1.54, 1.807) is 26.2 Å². The standard InChI is InChI=1S/C20H25ClN2O3/c1-13(18-12-17(25-4)9-10-19(18)26-5)22-20(24)23(3)14(2)15-7-6-8-16(21)11-15/h6-14H,1-5H3,(H,22,24). The smallest absolute Gasteiger partial charge is 0.318 e. The fraction of sp³-hybridized carbons (Fsp3) is 0.350. The van der Waals surface area contributed by atoms with Crippen LogP contribution in [0.2, 0.25) is 5.02 Å². The molecule has 0 aliphatic heterocycles. The number of hydrogen-bond acceptors (Lipinski definition) is 3. The third kappa shape index (κ3) is 4.61. The molecular formula is C20H25ClN2O3. The van der Waals surface area contributed by atoms with Crippen molar-refractivity contribution in [1.29, 1.82) is 0 Å². The molecule has 0 fully saturated rings. The first-order valence-corrected chi connectivity index (χ1v) is 8.75. The lowest BCUT2D eigenvalue weighted by molar-refractivity contribution is 0.191. The summed E-state index contributed by atoms with van der Waals surface area (Å²) in [7, 11) is 4.97. The number of ether oxygens (including phenoxy) is 2. The Morgan fingerprint density at radius 1 is 1.12 bits per heavy atom. The van der Waals surface area contributed by atoms with Crippen molar-refractivity contribution in [2.45, 2.75) is 25.9 Å². The van der Waals surface area contributed by atoms with E-state index in [9.17, 15) is 4.79 Å². The SMILES string of the molecule is COc1ccc(OC)c(C(C)NC(=O)N(C)C(C)c2cccc(Cl)c2)c1. The van der Waals surface area contributed by atoms with Crippen LogP contribution in [0.4, 0.5) is 4.79 Å². The number of rotatable bonds is 6. The molecule has 0 saturated heterocycles. The lowest BCUT2D eigenvalue weighted by Gasteiger charge is -2.28. The number of nitrogens with one attached hydrogen (secondary N) is 1. The topological polar surface area (TPSA) is 50.8 Å². The number of halogens is 1. The van der Waals surface area contributed by atoms with Crippen LogP contribution in [0.1, 0.15) is 37.1 Å². The highest BCUT2D eigenvalue weighted by atomic mass is 35.5. The lowest BCUT2D eigenvalue weighted by Crippen LogP contribution is -2.40. The lowest BCUT2D eigenvalue weighted by atomic mass is 10.1. The summed E-state index contributed by atoms with van der Waals surface area (Å²) in [5.41, 5.74) is 1.82. The Morgan fingerprint density at radius 2 is 1.85 bits per heavy atom. The molecule has 2 rings (SSSR count). The maximum Gasteiger partial charge on any atom is 0.318 e. The number of benzene rings is 2. The third-order valence-electron chi connectivity index (χ3n) is 4.48. The zero-order valence-electron chi connectivity index (χ0n) is 15.7. The summed E-state index contributed by atoms with van der Waals surface area (Å²) in [6.45, 7) is 3.87. The summed E-state index contributed by atoms with van der Waals surface area (Å²) in [5.74, 6) is 1.41. The van der Waals surface area contributed by atoms with Crippen molar-refractivity contribution in [3.63, 3.8) is 0 Å². The van der Waals surface area contributed by atoms with Gasteiger partial charge in [0, 0.05) is 17.6 Å². The fourth-order valence-corrected chi connectivity index (χ4v) is 2.91. The number of nitrogens with zero attached hydrogens (tertiary/aromatic N) is 1. The summed E-state index contributed by atoms with van der Waals surface area (Å²) in [5, 5.41) is 3.66. The average Bonchev–Trinajstić information content (AvgIpc) is 2.66. The Bertz CT molecular complexity index is 766. The Labute approximate surface area is 159 Å². The predicted molar refractivity (Wildman–Crippen MR) is 104 cm³/mol. The Hall–Kier alpha value is -2.40. The van der Waals surface area contributed by atoms with Crippen LogP contribution in [-0.2, 0) is 0 Å². The molecule has 0 aliphatic rings. The third-order valence-corrected chi connectivity index (χ3v) is 4.71. The first-order chi connectivity index (χ1) is 12.4. The van der Waals surface area contributed by atoms with Crippen LogP contribution in [0.25, 0.3) is 0 Å². The highest BCUT2D eigenvalue weighted by molar-refractivity contribution is 6.30. The quantitative estimate of drug-likeness (QED) is 0.786. The summed E-state index contributed by atoms with van der Waals surface area (Å²) >= 11 is 6.05. The molecule has 2 aromatic carbocycles. The van der Waals surface area contributed by atoms with E-state index in [0.717, 1.165) is 11.1 Å². The van der Waals surface area contributed by atoms with Gasteiger partial charge in [0.2, 0.25) is 0 Å². The highest BCUT2D eigenvalue weighted by Crippen LogP contribution is 2.30. The van der Waals surface area contributed by atoms with Gasteiger partial charge >= 0.3 is 6.03 Å². The van der Waals surface area contributed by atoms with E-state index in [1.165, 1.54) is 0 Å². The first kappa shape index (κ1) is 19.9. The molecule has 0 saturated carbocycles. The van der Waals surface area contributed by atoms with Crippen LogP contribution in [0.3, 0.4) is 0 Å². The van der Waals surface area contributed by atoms with Crippen molar-refractivity contribution >= 4 is 17.6 Å². The van der Waals surface area contributed by atoms with Crippen molar-refractivity contribution in [2.24, 2.45) is 0 Å². The van der Waals surface area contributed by atoms with Crippen LogP contribution in [0, 0.1) is 0 Å². The zero-order valence-corrected chi connectivity index (χ0v) is 16.5. The minimum atomic E-state index is -0.249. The maximum absolute atomic E-state index is 12.7. The molecule has 0 aliphatic carbocycles. The second-order valence-electron chi connectivity index (χ2n) is 6.12. The number of hydrogen-bond donors (Lipinski definition) is 1. The predicted octanol–water partition coefficient (Wildman–Crippen LogP) is 4.82. The van der Waals surface area contributed by atoms with E-state index in [2.05, 4.69) is 5.32 Å². The van der Waals surface area contributed by atoms with Crippen molar-refractivity contribution in [2.75, 3.05) is 21.3 Å². The molecule has 26 heavy (non-hydrogen) atoms. The van der Waals surface area contributed by atoms with Crippen molar-refractivity contribution in [3.05, 3.63) is 58.6 Å². The molecule has 2 aromatic rings. The normalized spacial score (nSPS) is 12.8. The fourth-order valence-electron chi connectivity index (χ4n) is 2.71. The van der Waals surface area contributed by atoms with Gasteiger partial charge in [-0.25, -0.2) is 4.79 Å². The van der Waals surface area contributed by atoms with Crippen LogP contribution in [0.5, 0.6) is 11.5 Å². The van der Waals surface area contributed by atoms with E-state index < -0.39 is 0 Å². The van der Waals surface area contributed by atoms with Crippen LogP contribution < -0.4 is 14.8 Å². The maximum atomic E-state index is 12.7. The molecule has 0 bridgehead atoms. The Balaban J connectivity index is 2.13. The minimum absolute atomic E-state index is 0.117. The van der Waals surface area contributed by atoms with Gasteiger partial charge < -0.3 is 19.7 Å². The molecule has 0 radical (unpaired) electrons. The van der Waals surface area contributed by atoms with Crippen molar-refractivity contribution in [3.8, 4) is 11.5 Å². The molecule has 0 aromatic heterocycles. The van der Waals surface area contributed by atoms with Gasteiger partial charge in [0.15, 0.2) is 0 Å². The molecule has 2 amide bonds. The van der Waals surface area contributed by atoms with E-state index in [0.29, 0.717) is 16.5 Å². The van der Waals surface area contributed by atoms with Crippen molar-refractivity contribution in [1.82, 2.24) is 10.2 Å². The molecule has 2 atom stereocenters. The Morgan fingerprint density at radius 3 is 2.46 bits per heavy atom. The highest BCUT2D eigenvalue weighted by Gasteiger charge is 2.21. The van der Waals surface area contributed by atoms with Gasteiger partial charge in [-0.15, -0.1) is 0 Å². The average molecular weight is 377 g/mol. The van der Waals surface area contributed by atoms with E-state index >= 15 is 0 Å². The van der Waals surface area contributed by atoms with E-state index in [4.69, 9.17) is 21.1 Å². The monoisotopic (exact) mass is 376 g/mol. The van der Waals surface area contributed by atoms with Gasteiger partial charge in [-0.3, -0.25) is 0 Å². The van der Waals surface area contributed by atoms with Gasteiger partial charge in [0.05, 0.1) is 26.3 Å². The largest absolute Gasteiger partial charge is 0.497 e.